The average molecular weight is 318 g/mol. The summed E-state index contributed by atoms with van der Waals surface area (Å²) < 4.78 is 8.31. The predicted molar refractivity (Wildman–Crippen MR) is 93.7 cm³/mol. The van der Waals surface area contributed by atoms with Crippen molar-refractivity contribution in [1.29, 1.82) is 0 Å². The molecular weight excluding hydrogens is 292 g/mol. The highest BCUT2D eigenvalue weighted by Gasteiger charge is 2.21. The van der Waals surface area contributed by atoms with Crippen molar-refractivity contribution in [3.8, 4) is 0 Å². The maximum absolute atomic E-state index is 5.95. The van der Waals surface area contributed by atoms with Gasteiger partial charge < -0.3 is 9.30 Å². The summed E-state index contributed by atoms with van der Waals surface area (Å²) in [7, 11) is 0. The fourth-order valence-corrected chi connectivity index (χ4v) is 3.33. The van der Waals surface area contributed by atoms with Gasteiger partial charge in [-0.05, 0) is 42.9 Å². The van der Waals surface area contributed by atoms with Crippen molar-refractivity contribution in [2.24, 2.45) is 5.41 Å². The molecule has 1 aliphatic rings. The lowest BCUT2D eigenvalue weighted by molar-refractivity contribution is 0.00602. The Morgan fingerprint density at radius 3 is 2.82 bits per heavy atom. The van der Waals surface area contributed by atoms with Crippen LogP contribution >= 0.6 is 12.6 Å². The number of nitrogens with zero attached hydrogens (tertiary/aromatic N) is 2. The molecule has 120 valence electrons. The third-order valence-electron chi connectivity index (χ3n) is 4.16. The quantitative estimate of drug-likeness (QED) is 0.845. The van der Waals surface area contributed by atoms with E-state index in [1.54, 1.807) is 0 Å². The normalized spacial score (nSPS) is 19.7. The van der Waals surface area contributed by atoms with Gasteiger partial charge in [-0.25, -0.2) is 4.98 Å². The van der Waals surface area contributed by atoms with Gasteiger partial charge in [0.25, 0.3) is 0 Å². The minimum absolute atomic E-state index is 0.219. The molecule has 0 N–H and O–H groups in total. The van der Waals surface area contributed by atoms with Crippen LogP contribution in [0.15, 0.2) is 23.1 Å². The van der Waals surface area contributed by atoms with Gasteiger partial charge in [-0.1, -0.05) is 20.8 Å². The lowest BCUT2D eigenvalue weighted by atomic mass is 9.92. The number of aromatic nitrogens is 2. The van der Waals surface area contributed by atoms with Crippen molar-refractivity contribution in [2.75, 3.05) is 6.61 Å². The van der Waals surface area contributed by atoms with Gasteiger partial charge >= 0.3 is 0 Å². The molecule has 0 amide bonds. The first kappa shape index (κ1) is 15.9. The summed E-state index contributed by atoms with van der Waals surface area (Å²) in [4.78, 5) is 5.85. The van der Waals surface area contributed by atoms with Crippen LogP contribution < -0.4 is 0 Å². The zero-order valence-corrected chi connectivity index (χ0v) is 14.7. The molecule has 4 heteroatoms. The highest BCUT2D eigenvalue weighted by atomic mass is 32.1. The highest BCUT2D eigenvalue weighted by Crippen LogP contribution is 2.27. The van der Waals surface area contributed by atoms with Crippen LogP contribution in [-0.4, -0.2) is 22.3 Å². The molecule has 0 radical (unpaired) electrons. The third-order valence-corrected chi connectivity index (χ3v) is 4.44. The molecule has 1 unspecified atom stereocenters. The highest BCUT2D eigenvalue weighted by molar-refractivity contribution is 7.80. The number of imidazole rings is 1. The van der Waals surface area contributed by atoms with E-state index in [2.05, 4.69) is 50.1 Å². The number of rotatable bonds is 3. The summed E-state index contributed by atoms with van der Waals surface area (Å²) in [5.41, 5.74) is 2.46. The van der Waals surface area contributed by atoms with E-state index in [9.17, 15) is 0 Å². The van der Waals surface area contributed by atoms with Crippen LogP contribution in [-0.2, 0) is 17.7 Å². The molecule has 0 bridgehead atoms. The minimum atomic E-state index is 0.219. The van der Waals surface area contributed by atoms with Crippen molar-refractivity contribution >= 4 is 23.7 Å². The number of thiol groups is 1. The summed E-state index contributed by atoms with van der Waals surface area (Å²) >= 11 is 4.45. The fourth-order valence-electron chi connectivity index (χ4n) is 3.14. The van der Waals surface area contributed by atoms with Crippen LogP contribution in [0.4, 0.5) is 0 Å². The topological polar surface area (TPSA) is 27.1 Å². The second-order valence-corrected chi connectivity index (χ2v) is 8.05. The van der Waals surface area contributed by atoms with Crippen molar-refractivity contribution in [3.05, 3.63) is 24.0 Å². The predicted octanol–water partition coefficient (Wildman–Crippen LogP) is 4.48. The lowest BCUT2D eigenvalue weighted by Gasteiger charge is -2.25. The Balaban J connectivity index is 1.97. The Labute approximate surface area is 138 Å². The van der Waals surface area contributed by atoms with Crippen LogP contribution in [0.5, 0.6) is 0 Å². The molecule has 1 aliphatic heterocycles. The van der Waals surface area contributed by atoms with E-state index in [1.165, 1.54) is 18.4 Å². The van der Waals surface area contributed by atoms with Gasteiger partial charge in [-0.2, -0.15) is 0 Å². The summed E-state index contributed by atoms with van der Waals surface area (Å²) in [5.74, 6) is 1.16. The number of benzene rings is 1. The van der Waals surface area contributed by atoms with Crippen LogP contribution in [0.25, 0.3) is 11.0 Å². The van der Waals surface area contributed by atoms with E-state index < -0.39 is 0 Å². The van der Waals surface area contributed by atoms with Crippen LogP contribution in [0.2, 0.25) is 0 Å². The van der Waals surface area contributed by atoms with Crippen molar-refractivity contribution in [1.82, 2.24) is 9.55 Å². The molecule has 22 heavy (non-hydrogen) atoms. The van der Waals surface area contributed by atoms with Gasteiger partial charge in [0.2, 0.25) is 0 Å². The number of fused-ring (bicyclic) bond motifs is 1. The maximum Gasteiger partial charge on any atom is 0.110 e. The molecule has 1 fully saturated rings. The van der Waals surface area contributed by atoms with E-state index in [4.69, 9.17) is 9.72 Å². The Hall–Kier alpha value is -1.00. The minimum Gasteiger partial charge on any atom is -0.376 e. The Morgan fingerprint density at radius 1 is 1.32 bits per heavy atom. The fraction of sp³-hybridized carbons (Fsp3) is 0.611. The number of hydrogen-bond donors (Lipinski definition) is 1. The standard InChI is InChI=1S/C18H26N2OS/c1-18(2,3)11-17-19-15-10-14(22)7-8-16(15)20(17)12-13-6-4-5-9-21-13/h7-8,10,13,22H,4-6,9,11-12H2,1-3H3. The molecule has 1 aromatic carbocycles. The van der Waals surface area contributed by atoms with Gasteiger partial charge in [0.05, 0.1) is 23.7 Å². The monoisotopic (exact) mass is 318 g/mol. The van der Waals surface area contributed by atoms with E-state index in [-0.39, 0.29) is 5.41 Å². The zero-order valence-electron chi connectivity index (χ0n) is 13.8. The average Bonchev–Trinajstić information content (AvgIpc) is 2.75. The SMILES string of the molecule is CC(C)(C)Cc1nc2cc(S)ccc2n1CC1CCCCO1. The van der Waals surface area contributed by atoms with Crippen molar-refractivity contribution < 1.29 is 4.74 Å². The van der Waals surface area contributed by atoms with E-state index in [0.717, 1.165) is 42.2 Å². The number of hydrogen-bond acceptors (Lipinski definition) is 3. The van der Waals surface area contributed by atoms with Crippen LogP contribution in [0, 0.1) is 5.41 Å². The molecule has 0 spiro atoms. The number of ether oxygens (including phenoxy) is 1. The summed E-state index contributed by atoms with van der Waals surface area (Å²) in [6.07, 6.45) is 4.90. The van der Waals surface area contributed by atoms with Crippen LogP contribution in [0.3, 0.4) is 0 Å². The lowest BCUT2D eigenvalue weighted by Crippen LogP contribution is -2.26. The van der Waals surface area contributed by atoms with Crippen molar-refractivity contribution in [3.63, 3.8) is 0 Å². The summed E-state index contributed by atoms with van der Waals surface area (Å²) in [6.45, 7) is 8.59. The van der Waals surface area contributed by atoms with Gasteiger partial charge in [-0.15, -0.1) is 12.6 Å². The van der Waals surface area contributed by atoms with Crippen LogP contribution in [0.1, 0.15) is 45.9 Å². The van der Waals surface area contributed by atoms with Gasteiger partial charge in [-0.3, -0.25) is 0 Å². The first-order valence-electron chi connectivity index (χ1n) is 8.22. The molecule has 0 saturated carbocycles. The molecule has 3 nitrogen and oxygen atoms in total. The molecule has 1 aromatic heterocycles. The maximum atomic E-state index is 5.95. The summed E-state index contributed by atoms with van der Waals surface area (Å²) in [5, 5.41) is 0. The van der Waals surface area contributed by atoms with Gasteiger partial charge in [0, 0.05) is 17.9 Å². The first-order valence-corrected chi connectivity index (χ1v) is 8.67. The van der Waals surface area contributed by atoms with Crippen molar-refractivity contribution in [2.45, 2.75) is 64.0 Å². The van der Waals surface area contributed by atoms with E-state index in [1.807, 2.05) is 6.07 Å². The van der Waals surface area contributed by atoms with Gasteiger partial charge in [0.1, 0.15) is 5.82 Å². The molecule has 2 heterocycles. The largest absolute Gasteiger partial charge is 0.376 e. The molecule has 2 aromatic rings. The Kier molecular flexibility index (Phi) is 4.51. The molecular formula is C18H26N2OS. The van der Waals surface area contributed by atoms with E-state index in [0.29, 0.717) is 6.10 Å². The Bertz CT molecular complexity index is 651. The molecule has 1 atom stereocenters. The van der Waals surface area contributed by atoms with Gasteiger partial charge in [0.15, 0.2) is 0 Å². The van der Waals surface area contributed by atoms with E-state index >= 15 is 0 Å². The summed E-state index contributed by atoms with van der Waals surface area (Å²) in [6, 6.07) is 6.24. The third kappa shape index (κ3) is 3.66. The Morgan fingerprint density at radius 2 is 2.14 bits per heavy atom. The second-order valence-electron chi connectivity index (χ2n) is 7.54. The molecule has 3 rings (SSSR count). The zero-order chi connectivity index (χ0) is 15.7. The second kappa shape index (κ2) is 6.25. The molecule has 1 saturated heterocycles. The molecule has 0 aliphatic carbocycles. The first-order chi connectivity index (χ1) is 10.4. The smallest absolute Gasteiger partial charge is 0.110 e.